The summed E-state index contributed by atoms with van der Waals surface area (Å²) >= 11 is 0. The molecule has 9 nitrogen and oxygen atoms in total. The van der Waals surface area contributed by atoms with E-state index >= 15 is 0 Å². The van der Waals surface area contributed by atoms with Gasteiger partial charge in [0.25, 0.3) is 5.91 Å². The lowest BCUT2D eigenvalue weighted by Crippen LogP contribution is -2.21. The number of carbonyl (C=O) groups excluding carboxylic acids is 1. The van der Waals surface area contributed by atoms with Crippen LogP contribution < -0.4 is 22.9 Å². The predicted octanol–water partition coefficient (Wildman–Crippen LogP) is -1.24. The van der Waals surface area contributed by atoms with Crippen molar-refractivity contribution in [3.05, 3.63) is 23.7 Å². The average Bonchev–Trinajstić information content (AvgIpc) is 2.26. The molecule has 9 heteroatoms. The topological polar surface area (TPSA) is 183 Å². The van der Waals surface area contributed by atoms with E-state index in [4.69, 9.17) is 28.3 Å². The molecule has 0 aromatic carbocycles. The van der Waals surface area contributed by atoms with E-state index < -0.39 is 11.6 Å². The summed E-state index contributed by atoms with van der Waals surface area (Å²) in [6.07, 6.45) is 2.42. The third-order valence-electron chi connectivity index (χ3n) is 1.98. The lowest BCUT2D eigenvalue weighted by Gasteiger charge is -2.05. The van der Waals surface area contributed by atoms with Crippen molar-refractivity contribution in [2.45, 2.75) is 6.92 Å². The fourth-order valence-electron chi connectivity index (χ4n) is 1.22. The fourth-order valence-corrected chi connectivity index (χ4v) is 1.22. The maximum absolute atomic E-state index is 11.7. The normalized spacial score (nSPS) is 12.3. The Kier molecular flexibility index (Phi) is 4.14. The van der Waals surface area contributed by atoms with E-state index in [1.54, 1.807) is 6.92 Å². The summed E-state index contributed by atoms with van der Waals surface area (Å²) in [4.78, 5) is 22.5. The molecule has 0 fully saturated rings. The molecule has 1 aromatic heterocycles. The average molecular weight is 262 g/mol. The van der Waals surface area contributed by atoms with Crippen molar-refractivity contribution in [3.8, 4) is 0 Å². The van der Waals surface area contributed by atoms with E-state index in [0.29, 0.717) is 5.70 Å². The summed E-state index contributed by atoms with van der Waals surface area (Å²) < 4.78 is 0. The van der Waals surface area contributed by atoms with Crippen LogP contribution in [-0.4, -0.2) is 27.4 Å². The van der Waals surface area contributed by atoms with Crippen molar-refractivity contribution >= 4 is 29.1 Å². The summed E-state index contributed by atoms with van der Waals surface area (Å²) in [6.45, 7) is 1.58. The van der Waals surface area contributed by atoms with Gasteiger partial charge >= 0.3 is 0 Å². The van der Waals surface area contributed by atoms with Gasteiger partial charge in [-0.1, -0.05) is 0 Å². The van der Waals surface area contributed by atoms with Crippen LogP contribution in [-0.2, 0) is 4.79 Å². The van der Waals surface area contributed by atoms with E-state index in [1.807, 2.05) is 0 Å². The molecule has 100 valence electrons. The molecular formula is C10H14N8O. The van der Waals surface area contributed by atoms with Crippen LogP contribution in [0.5, 0.6) is 0 Å². The molecule has 0 saturated heterocycles. The van der Waals surface area contributed by atoms with Gasteiger partial charge < -0.3 is 22.9 Å². The number of rotatable bonds is 3. The van der Waals surface area contributed by atoms with Gasteiger partial charge in [0.05, 0.1) is 5.56 Å². The lowest BCUT2D eigenvalue weighted by molar-refractivity contribution is -0.111. The van der Waals surface area contributed by atoms with Gasteiger partial charge in [0, 0.05) is 5.70 Å². The summed E-state index contributed by atoms with van der Waals surface area (Å²) in [5.41, 5.74) is 21.7. The van der Waals surface area contributed by atoms with E-state index in [2.05, 4.69) is 15.0 Å². The number of carbonyl (C=O) groups is 1. The minimum atomic E-state index is -0.914. The van der Waals surface area contributed by atoms with Gasteiger partial charge in [-0.05, 0) is 13.0 Å². The van der Waals surface area contributed by atoms with Crippen LogP contribution in [0, 0.1) is 5.41 Å². The zero-order valence-corrected chi connectivity index (χ0v) is 10.2. The van der Waals surface area contributed by atoms with E-state index in [0.717, 1.165) is 6.33 Å². The lowest BCUT2D eigenvalue weighted by atomic mass is 10.1. The summed E-state index contributed by atoms with van der Waals surface area (Å²) in [6, 6.07) is 0. The number of aliphatic imine (C=N–C) groups is 1. The molecule has 0 unspecified atom stereocenters. The first kappa shape index (κ1) is 14.1. The molecule has 1 aromatic rings. The van der Waals surface area contributed by atoms with Crippen LogP contribution in [0.2, 0.25) is 0 Å². The smallest absolute Gasteiger partial charge is 0.297 e. The Balaban J connectivity index is 3.08. The molecule has 0 bridgehead atoms. The molecule has 0 spiro atoms. The molecule has 19 heavy (non-hydrogen) atoms. The number of amides is 1. The number of nitrogens with zero attached hydrogens (tertiary/aromatic N) is 3. The van der Waals surface area contributed by atoms with E-state index in [1.165, 1.54) is 6.08 Å². The maximum atomic E-state index is 11.7. The highest BCUT2D eigenvalue weighted by molar-refractivity contribution is 6.47. The van der Waals surface area contributed by atoms with Crippen molar-refractivity contribution in [1.82, 2.24) is 9.97 Å². The molecule has 0 radical (unpaired) electrons. The first-order chi connectivity index (χ1) is 8.82. The molecule has 1 heterocycles. The number of anilines is 2. The molecule has 0 aliphatic carbocycles. The number of hydrogen-bond acceptors (Lipinski definition) is 7. The van der Waals surface area contributed by atoms with Crippen LogP contribution in [0.1, 0.15) is 12.5 Å². The Morgan fingerprint density at radius 2 is 1.84 bits per heavy atom. The largest absolute Gasteiger partial charge is 0.402 e. The third kappa shape index (κ3) is 3.49. The van der Waals surface area contributed by atoms with Crippen molar-refractivity contribution in [1.29, 1.82) is 5.41 Å². The third-order valence-corrected chi connectivity index (χ3v) is 1.98. The maximum Gasteiger partial charge on any atom is 0.297 e. The summed E-state index contributed by atoms with van der Waals surface area (Å²) in [5, 5.41) is 7.69. The fraction of sp³-hybridized carbons (Fsp3) is 0.100. The quantitative estimate of drug-likeness (QED) is 0.333. The minimum Gasteiger partial charge on any atom is -0.402 e. The second-order valence-electron chi connectivity index (χ2n) is 3.62. The van der Waals surface area contributed by atoms with Gasteiger partial charge in [-0.3, -0.25) is 10.2 Å². The first-order valence-electron chi connectivity index (χ1n) is 5.10. The zero-order chi connectivity index (χ0) is 14.6. The van der Waals surface area contributed by atoms with Crippen LogP contribution in [0.4, 0.5) is 11.6 Å². The SMILES string of the molecule is C/C(N)=C/C(N)=NC(=O)C(=N)c1c(N)ncnc1N. The molecule has 0 saturated carbocycles. The summed E-state index contributed by atoms with van der Waals surface area (Å²) in [7, 11) is 0. The number of nitrogen functional groups attached to an aromatic ring is 2. The van der Waals surface area contributed by atoms with Crippen LogP contribution in [0.25, 0.3) is 0 Å². The highest BCUT2D eigenvalue weighted by Crippen LogP contribution is 2.15. The molecule has 1 rings (SSSR count). The first-order valence-corrected chi connectivity index (χ1v) is 5.10. The molecule has 1 amide bonds. The Morgan fingerprint density at radius 1 is 1.32 bits per heavy atom. The van der Waals surface area contributed by atoms with Crippen molar-refractivity contribution in [3.63, 3.8) is 0 Å². The van der Waals surface area contributed by atoms with Crippen molar-refractivity contribution in [2.75, 3.05) is 11.5 Å². The molecule has 9 N–H and O–H groups in total. The second-order valence-corrected chi connectivity index (χ2v) is 3.62. The number of amidine groups is 1. The van der Waals surface area contributed by atoms with Gasteiger partial charge in [-0.2, -0.15) is 4.99 Å². The highest BCUT2D eigenvalue weighted by Gasteiger charge is 2.18. The monoisotopic (exact) mass is 262 g/mol. The van der Waals surface area contributed by atoms with Crippen molar-refractivity contribution < 1.29 is 4.79 Å². The highest BCUT2D eigenvalue weighted by atomic mass is 16.1. The Labute approximate surface area is 108 Å². The zero-order valence-electron chi connectivity index (χ0n) is 10.2. The number of aromatic nitrogens is 2. The van der Waals surface area contributed by atoms with E-state index in [-0.39, 0.29) is 23.0 Å². The van der Waals surface area contributed by atoms with E-state index in [9.17, 15) is 4.79 Å². The molecule has 0 aliphatic rings. The van der Waals surface area contributed by atoms with Crippen LogP contribution >= 0.6 is 0 Å². The molecule has 0 atom stereocenters. The minimum absolute atomic E-state index is 0.0718. The number of nitrogens with one attached hydrogen (secondary N) is 1. The summed E-state index contributed by atoms with van der Waals surface area (Å²) in [5.74, 6) is -1.19. The van der Waals surface area contributed by atoms with Gasteiger partial charge in [-0.15, -0.1) is 0 Å². The Bertz CT molecular complexity index is 565. The predicted molar refractivity (Wildman–Crippen MR) is 72.3 cm³/mol. The van der Waals surface area contributed by atoms with Gasteiger partial charge in [0.15, 0.2) is 0 Å². The Morgan fingerprint density at radius 3 is 2.32 bits per heavy atom. The molecule has 0 aliphatic heterocycles. The Hall–Kier alpha value is -2.97. The van der Waals surface area contributed by atoms with Crippen molar-refractivity contribution in [2.24, 2.45) is 16.5 Å². The number of hydrogen-bond donors (Lipinski definition) is 5. The molecular weight excluding hydrogens is 248 g/mol. The van der Waals surface area contributed by atoms with Gasteiger partial charge in [0.1, 0.15) is 29.5 Å². The number of allylic oxidation sites excluding steroid dienone is 1. The van der Waals surface area contributed by atoms with Gasteiger partial charge in [-0.25, -0.2) is 9.97 Å². The van der Waals surface area contributed by atoms with Crippen LogP contribution in [0.3, 0.4) is 0 Å². The van der Waals surface area contributed by atoms with Crippen LogP contribution in [0.15, 0.2) is 23.1 Å². The number of nitrogens with two attached hydrogens (primary N) is 4. The standard InChI is InChI=1S/C10H14N8O/c1-4(11)2-5(12)18-10(19)7(13)6-8(14)16-3-17-9(6)15/h2-3,13H,11H2,1H3,(H2,12,18,19)(H4,14,15,16,17)/b4-2-,13-7?. The van der Waals surface area contributed by atoms with Gasteiger partial charge in [0.2, 0.25) is 0 Å². The second kappa shape index (κ2) is 5.58.